The molecule has 0 radical (unpaired) electrons. The first-order valence-electron chi connectivity index (χ1n) is 5.98. The minimum Gasteiger partial charge on any atom is -0.324 e. The molecule has 0 aliphatic rings. The maximum Gasteiger partial charge on any atom is 0.419 e. The lowest BCUT2D eigenvalue weighted by Gasteiger charge is -2.15. The third kappa shape index (κ3) is 3.98. The molecule has 1 aromatic rings. The SMILES string of the molecule is CCCCCC(N)c1ccc(F)c(C(F)(F)F)c1. The van der Waals surface area contributed by atoms with Gasteiger partial charge in [-0.25, -0.2) is 4.39 Å². The summed E-state index contributed by atoms with van der Waals surface area (Å²) in [6, 6.07) is 2.49. The van der Waals surface area contributed by atoms with E-state index in [0.29, 0.717) is 12.0 Å². The van der Waals surface area contributed by atoms with Gasteiger partial charge in [-0.05, 0) is 24.1 Å². The van der Waals surface area contributed by atoms with Crippen LogP contribution in [0.15, 0.2) is 18.2 Å². The topological polar surface area (TPSA) is 26.0 Å². The lowest BCUT2D eigenvalue weighted by molar-refractivity contribution is -0.140. The first kappa shape index (κ1) is 15.0. The second-order valence-electron chi connectivity index (χ2n) is 4.34. The highest BCUT2D eigenvalue weighted by Gasteiger charge is 2.34. The van der Waals surface area contributed by atoms with E-state index < -0.39 is 23.6 Å². The fourth-order valence-corrected chi connectivity index (χ4v) is 1.77. The zero-order chi connectivity index (χ0) is 13.8. The van der Waals surface area contributed by atoms with Crippen molar-refractivity contribution in [2.24, 2.45) is 5.73 Å². The minimum atomic E-state index is -4.68. The van der Waals surface area contributed by atoms with Crippen LogP contribution in [0.25, 0.3) is 0 Å². The average Bonchev–Trinajstić information content (AvgIpc) is 2.28. The zero-order valence-electron chi connectivity index (χ0n) is 10.2. The van der Waals surface area contributed by atoms with Crippen molar-refractivity contribution >= 4 is 0 Å². The lowest BCUT2D eigenvalue weighted by Crippen LogP contribution is -2.14. The van der Waals surface area contributed by atoms with Crippen LogP contribution in [0.1, 0.15) is 49.8 Å². The van der Waals surface area contributed by atoms with Crippen LogP contribution >= 0.6 is 0 Å². The van der Waals surface area contributed by atoms with Crippen LogP contribution in [0, 0.1) is 5.82 Å². The fourth-order valence-electron chi connectivity index (χ4n) is 1.77. The second kappa shape index (κ2) is 6.18. The van der Waals surface area contributed by atoms with Gasteiger partial charge in [0.25, 0.3) is 0 Å². The number of hydrogen-bond acceptors (Lipinski definition) is 1. The van der Waals surface area contributed by atoms with E-state index in [9.17, 15) is 17.6 Å². The number of halogens is 4. The Morgan fingerprint density at radius 2 is 1.89 bits per heavy atom. The summed E-state index contributed by atoms with van der Waals surface area (Å²) in [6.45, 7) is 2.03. The van der Waals surface area contributed by atoms with E-state index in [1.165, 1.54) is 6.07 Å². The van der Waals surface area contributed by atoms with Crippen LogP contribution in [-0.2, 0) is 6.18 Å². The Labute approximate surface area is 104 Å². The Bertz CT molecular complexity index is 387. The number of nitrogens with two attached hydrogens (primary N) is 1. The van der Waals surface area contributed by atoms with Crippen molar-refractivity contribution in [1.29, 1.82) is 0 Å². The van der Waals surface area contributed by atoms with Gasteiger partial charge < -0.3 is 5.73 Å². The molecule has 0 saturated heterocycles. The third-order valence-corrected chi connectivity index (χ3v) is 2.84. The average molecular weight is 263 g/mol. The van der Waals surface area contributed by atoms with Crippen molar-refractivity contribution in [3.05, 3.63) is 35.1 Å². The summed E-state index contributed by atoms with van der Waals surface area (Å²) in [7, 11) is 0. The number of rotatable bonds is 5. The molecule has 1 aromatic carbocycles. The largest absolute Gasteiger partial charge is 0.419 e. The highest BCUT2D eigenvalue weighted by Crippen LogP contribution is 2.33. The van der Waals surface area contributed by atoms with Crippen molar-refractivity contribution < 1.29 is 17.6 Å². The summed E-state index contributed by atoms with van der Waals surface area (Å²) in [6.07, 6.45) is -1.21. The van der Waals surface area contributed by atoms with E-state index >= 15 is 0 Å². The summed E-state index contributed by atoms with van der Waals surface area (Å²) in [5.74, 6) is -1.26. The highest BCUT2D eigenvalue weighted by molar-refractivity contribution is 5.29. The van der Waals surface area contributed by atoms with Crippen LogP contribution in [0.2, 0.25) is 0 Å². The first-order valence-corrected chi connectivity index (χ1v) is 5.98. The van der Waals surface area contributed by atoms with Crippen LogP contribution in [0.3, 0.4) is 0 Å². The number of benzene rings is 1. The van der Waals surface area contributed by atoms with E-state index in [-0.39, 0.29) is 0 Å². The Morgan fingerprint density at radius 3 is 2.44 bits per heavy atom. The standard InChI is InChI=1S/C13H17F4N/c1-2-3-4-5-12(18)9-6-7-11(14)10(8-9)13(15,16)17/h6-8,12H,2-5,18H2,1H3. The van der Waals surface area contributed by atoms with Gasteiger partial charge >= 0.3 is 6.18 Å². The molecule has 0 spiro atoms. The Balaban J connectivity index is 2.84. The van der Waals surface area contributed by atoms with Crippen molar-refractivity contribution in [3.63, 3.8) is 0 Å². The van der Waals surface area contributed by atoms with Gasteiger partial charge in [0.1, 0.15) is 5.82 Å². The quantitative estimate of drug-likeness (QED) is 0.617. The molecule has 0 aromatic heterocycles. The van der Waals surface area contributed by atoms with Gasteiger partial charge in [0, 0.05) is 6.04 Å². The molecule has 1 atom stereocenters. The first-order chi connectivity index (χ1) is 8.36. The summed E-state index contributed by atoms with van der Waals surface area (Å²) >= 11 is 0. The molecule has 0 amide bonds. The predicted octanol–water partition coefficient (Wildman–Crippen LogP) is 4.42. The van der Waals surface area contributed by atoms with Crippen LogP contribution in [0.5, 0.6) is 0 Å². The molecule has 1 rings (SSSR count). The van der Waals surface area contributed by atoms with Gasteiger partial charge in [0.15, 0.2) is 0 Å². The van der Waals surface area contributed by atoms with Gasteiger partial charge in [0.2, 0.25) is 0 Å². The zero-order valence-corrected chi connectivity index (χ0v) is 10.2. The minimum absolute atomic E-state index is 0.333. The lowest BCUT2D eigenvalue weighted by atomic mass is 9.99. The van der Waals surface area contributed by atoms with Crippen LogP contribution in [-0.4, -0.2) is 0 Å². The number of unbranched alkanes of at least 4 members (excludes halogenated alkanes) is 2. The highest BCUT2D eigenvalue weighted by atomic mass is 19.4. The fraction of sp³-hybridized carbons (Fsp3) is 0.538. The van der Waals surface area contributed by atoms with E-state index in [0.717, 1.165) is 31.4 Å². The van der Waals surface area contributed by atoms with Gasteiger partial charge in [0.05, 0.1) is 5.56 Å². The molecule has 0 fully saturated rings. The molecule has 1 unspecified atom stereocenters. The summed E-state index contributed by atoms with van der Waals surface area (Å²) in [5, 5.41) is 0. The maximum atomic E-state index is 13.1. The third-order valence-electron chi connectivity index (χ3n) is 2.84. The van der Waals surface area contributed by atoms with Crippen molar-refractivity contribution in [2.45, 2.75) is 44.8 Å². The Hall–Kier alpha value is -1.10. The molecule has 5 heteroatoms. The predicted molar refractivity (Wildman–Crippen MR) is 62.5 cm³/mol. The van der Waals surface area contributed by atoms with Crippen molar-refractivity contribution in [1.82, 2.24) is 0 Å². The Kier molecular flexibility index (Phi) is 5.14. The summed E-state index contributed by atoms with van der Waals surface area (Å²) in [4.78, 5) is 0. The smallest absolute Gasteiger partial charge is 0.324 e. The molecule has 0 heterocycles. The number of hydrogen-bond donors (Lipinski definition) is 1. The molecular formula is C13H17F4N. The van der Waals surface area contributed by atoms with Crippen molar-refractivity contribution in [3.8, 4) is 0 Å². The van der Waals surface area contributed by atoms with Crippen LogP contribution in [0.4, 0.5) is 17.6 Å². The molecular weight excluding hydrogens is 246 g/mol. The molecule has 0 aliphatic heterocycles. The van der Waals surface area contributed by atoms with Gasteiger partial charge in [-0.15, -0.1) is 0 Å². The normalized spacial score (nSPS) is 13.7. The summed E-state index contributed by atoms with van der Waals surface area (Å²) < 4.78 is 50.6. The molecule has 1 nitrogen and oxygen atoms in total. The van der Waals surface area contributed by atoms with E-state index in [2.05, 4.69) is 0 Å². The molecule has 0 bridgehead atoms. The molecule has 0 saturated carbocycles. The van der Waals surface area contributed by atoms with E-state index in [1.807, 2.05) is 6.92 Å². The Morgan fingerprint density at radius 1 is 1.22 bits per heavy atom. The van der Waals surface area contributed by atoms with Gasteiger partial charge in [-0.3, -0.25) is 0 Å². The number of alkyl halides is 3. The molecule has 2 N–H and O–H groups in total. The molecule has 18 heavy (non-hydrogen) atoms. The summed E-state index contributed by atoms with van der Waals surface area (Å²) in [5.41, 5.74) is 4.90. The second-order valence-corrected chi connectivity index (χ2v) is 4.34. The van der Waals surface area contributed by atoms with E-state index in [4.69, 9.17) is 5.73 Å². The van der Waals surface area contributed by atoms with Gasteiger partial charge in [-0.1, -0.05) is 32.3 Å². The molecule has 102 valence electrons. The monoisotopic (exact) mass is 263 g/mol. The molecule has 0 aliphatic carbocycles. The van der Waals surface area contributed by atoms with Crippen molar-refractivity contribution in [2.75, 3.05) is 0 Å². The maximum absolute atomic E-state index is 13.1. The van der Waals surface area contributed by atoms with Crippen LogP contribution < -0.4 is 5.73 Å². The van der Waals surface area contributed by atoms with Gasteiger partial charge in [-0.2, -0.15) is 13.2 Å². The van der Waals surface area contributed by atoms with E-state index in [1.54, 1.807) is 0 Å².